The second-order valence-corrected chi connectivity index (χ2v) is 4.67. The standard InChI is InChI=1S/C12H13BrO2/c1-2-15-12(14)11-7-10(11)8-3-5-9(13)6-4-8/h3-6,10-11H,2,7H2,1H3/t10-,11-/m0/s1. The lowest BCUT2D eigenvalue weighted by molar-refractivity contribution is -0.144. The average Bonchev–Trinajstić information content (AvgIpc) is 2.99. The van der Waals surface area contributed by atoms with Gasteiger partial charge in [-0.3, -0.25) is 4.79 Å². The Morgan fingerprint density at radius 2 is 2.13 bits per heavy atom. The van der Waals surface area contributed by atoms with Crippen molar-refractivity contribution in [1.29, 1.82) is 0 Å². The summed E-state index contributed by atoms with van der Waals surface area (Å²) in [7, 11) is 0. The van der Waals surface area contributed by atoms with E-state index >= 15 is 0 Å². The van der Waals surface area contributed by atoms with Crippen molar-refractivity contribution in [3.8, 4) is 0 Å². The van der Waals surface area contributed by atoms with Crippen LogP contribution < -0.4 is 0 Å². The maximum absolute atomic E-state index is 11.4. The molecule has 1 aliphatic rings. The highest BCUT2D eigenvalue weighted by molar-refractivity contribution is 9.10. The summed E-state index contributed by atoms with van der Waals surface area (Å²) < 4.78 is 6.06. The summed E-state index contributed by atoms with van der Waals surface area (Å²) in [4.78, 5) is 11.4. The van der Waals surface area contributed by atoms with E-state index in [1.54, 1.807) is 0 Å². The lowest BCUT2D eigenvalue weighted by atomic mass is 10.1. The van der Waals surface area contributed by atoms with Gasteiger partial charge in [-0.1, -0.05) is 28.1 Å². The third-order valence-corrected chi connectivity index (χ3v) is 3.21. The number of hydrogen-bond acceptors (Lipinski definition) is 2. The molecule has 2 rings (SSSR count). The van der Waals surface area contributed by atoms with Crippen LogP contribution in [-0.2, 0) is 9.53 Å². The number of carbonyl (C=O) groups is 1. The van der Waals surface area contributed by atoms with Gasteiger partial charge in [0.2, 0.25) is 0 Å². The summed E-state index contributed by atoms with van der Waals surface area (Å²) >= 11 is 3.39. The van der Waals surface area contributed by atoms with Crippen molar-refractivity contribution in [3.05, 3.63) is 34.3 Å². The van der Waals surface area contributed by atoms with Crippen molar-refractivity contribution < 1.29 is 9.53 Å². The van der Waals surface area contributed by atoms with Crippen molar-refractivity contribution in [2.24, 2.45) is 5.92 Å². The molecule has 1 fully saturated rings. The summed E-state index contributed by atoms with van der Waals surface area (Å²) in [5, 5.41) is 0. The van der Waals surface area contributed by atoms with Gasteiger partial charge in [-0.05, 0) is 37.0 Å². The normalized spacial score (nSPS) is 23.6. The van der Waals surface area contributed by atoms with E-state index in [2.05, 4.69) is 28.1 Å². The summed E-state index contributed by atoms with van der Waals surface area (Å²) in [5.41, 5.74) is 1.23. The molecule has 0 radical (unpaired) electrons. The van der Waals surface area contributed by atoms with Crippen LogP contribution in [0.4, 0.5) is 0 Å². The fraction of sp³-hybridized carbons (Fsp3) is 0.417. The Kier molecular flexibility index (Phi) is 3.10. The largest absolute Gasteiger partial charge is 0.466 e. The maximum Gasteiger partial charge on any atom is 0.309 e. The van der Waals surface area contributed by atoms with Crippen LogP contribution in [-0.4, -0.2) is 12.6 Å². The van der Waals surface area contributed by atoms with Crippen molar-refractivity contribution in [2.75, 3.05) is 6.61 Å². The Balaban J connectivity index is 1.98. The van der Waals surface area contributed by atoms with E-state index in [4.69, 9.17) is 4.74 Å². The Morgan fingerprint density at radius 1 is 1.47 bits per heavy atom. The van der Waals surface area contributed by atoms with Gasteiger partial charge >= 0.3 is 5.97 Å². The third-order valence-electron chi connectivity index (χ3n) is 2.68. The Labute approximate surface area is 97.8 Å². The topological polar surface area (TPSA) is 26.3 Å². The first kappa shape index (κ1) is 10.7. The molecule has 0 N–H and O–H groups in total. The van der Waals surface area contributed by atoms with Crippen molar-refractivity contribution in [3.63, 3.8) is 0 Å². The summed E-state index contributed by atoms with van der Waals surface area (Å²) in [6, 6.07) is 8.15. The highest BCUT2D eigenvalue weighted by Gasteiger charge is 2.44. The van der Waals surface area contributed by atoms with Crippen molar-refractivity contribution in [1.82, 2.24) is 0 Å². The van der Waals surface area contributed by atoms with E-state index in [-0.39, 0.29) is 11.9 Å². The molecule has 0 saturated heterocycles. The number of halogens is 1. The van der Waals surface area contributed by atoms with Crippen LogP contribution in [0.3, 0.4) is 0 Å². The lowest BCUT2D eigenvalue weighted by Gasteiger charge is -2.01. The van der Waals surface area contributed by atoms with Gasteiger partial charge in [0, 0.05) is 4.47 Å². The van der Waals surface area contributed by atoms with Crippen LogP contribution in [0.15, 0.2) is 28.7 Å². The van der Waals surface area contributed by atoms with Gasteiger partial charge in [0.05, 0.1) is 12.5 Å². The second-order valence-electron chi connectivity index (χ2n) is 3.75. The van der Waals surface area contributed by atoms with E-state index < -0.39 is 0 Å². The van der Waals surface area contributed by atoms with Gasteiger partial charge in [0.1, 0.15) is 0 Å². The molecule has 0 aliphatic heterocycles. The van der Waals surface area contributed by atoms with E-state index in [0.29, 0.717) is 12.5 Å². The quantitative estimate of drug-likeness (QED) is 0.788. The number of carbonyl (C=O) groups excluding carboxylic acids is 1. The molecule has 2 nitrogen and oxygen atoms in total. The fourth-order valence-electron chi connectivity index (χ4n) is 1.78. The van der Waals surface area contributed by atoms with Gasteiger partial charge in [-0.2, -0.15) is 0 Å². The molecule has 0 amide bonds. The number of hydrogen-bond donors (Lipinski definition) is 0. The molecule has 1 aliphatic carbocycles. The van der Waals surface area contributed by atoms with Crippen LogP contribution in [0.1, 0.15) is 24.8 Å². The van der Waals surface area contributed by atoms with Crippen molar-refractivity contribution in [2.45, 2.75) is 19.3 Å². The van der Waals surface area contributed by atoms with Gasteiger partial charge in [-0.25, -0.2) is 0 Å². The van der Waals surface area contributed by atoms with E-state index in [9.17, 15) is 4.79 Å². The Morgan fingerprint density at radius 3 is 2.73 bits per heavy atom. The minimum atomic E-state index is -0.0505. The molecule has 0 spiro atoms. The highest BCUT2D eigenvalue weighted by atomic mass is 79.9. The maximum atomic E-state index is 11.4. The minimum Gasteiger partial charge on any atom is -0.466 e. The predicted molar refractivity (Wildman–Crippen MR) is 61.6 cm³/mol. The summed E-state index contributed by atoms with van der Waals surface area (Å²) in [5.74, 6) is 0.411. The van der Waals surface area contributed by atoms with Crippen LogP contribution >= 0.6 is 15.9 Å². The van der Waals surface area contributed by atoms with Gasteiger partial charge < -0.3 is 4.74 Å². The molecular weight excluding hydrogens is 256 g/mol. The zero-order valence-corrected chi connectivity index (χ0v) is 10.2. The van der Waals surface area contributed by atoms with Crippen LogP contribution in [0.2, 0.25) is 0 Å². The first-order valence-corrected chi connectivity index (χ1v) is 5.93. The summed E-state index contributed by atoms with van der Waals surface area (Å²) in [6.07, 6.45) is 0.931. The molecule has 1 saturated carbocycles. The van der Waals surface area contributed by atoms with E-state index in [0.717, 1.165) is 10.9 Å². The van der Waals surface area contributed by atoms with Gasteiger partial charge in [0.25, 0.3) is 0 Å². The Hall–Kier alpha value is -0.830. The second kappa shape index (κ2) is 4.35. The highest BCUT2D eigenvalue weighted by Crippen LogP contribution is 2.48. The van der Waals surface area contributed by atoms with Gasteiger partial charge in [0.15, 0.2) is 0 Å². The molecule has 2 atom stereocenters. The lowest BCUT2D eigenvalue weighted by Crippen LogP contribution is -2.07. The zero-order valence-electron chi connectivity index (χ0n) is 8.57. The third kappa shape index (κ3) is 2.40. The van der Waals surface area contributed by atoms with E-state index in [1.807, 2.05) is 19.1 Å². The van der Waals surface area contributed by atoms with Gasteiger partial charge in [-0.15, -0.1) is 0 Å². The fourth-order valence-corrected chi connectivity index (χ4v) is 2.05. The van der Waals surface area contributed by atoms with Crippen molar-refractivity contribution >= 4 is 21.9 Å². The number of rotatable bonds is 3. The summed E-state index contributed by atoms with van der Waals surface area (Å²) in [6.45, 7) is 2.32. The number of benzene rings is 1. The predicted octanol–water partition coefficient (Wildman–Crippen LogP) is 3.12. The molecule has 3 heteroatoms. The minimum absolute atomic E-state index is 0.0505. The number of esters is 1. The zero-order chi connectivity index (χ0) is 10.8. The SMILES string of the molecule is CCOC(=O)[C@H]1C[C@H]1c1ccc(Br)cc1. The first-order chi connectivity index (χ1) is 7.22. The molecule has 80 valence electrons. The molecule has 0 heterocycles. The monoisotopic (exact) mass is 268 g/mol. The Bertz CT molecular complexity index is 358. The number of ether oxygens (including phenoxy) is 1. The molecule has 0 aromatic heterocycles. The first-order valence-electron chi connectivity index (χ1n) is 5.14. The van der Waals surface area contributed by atoms with E-state index in [1.165, 1.54) is 5.56 Å². The smallest absolute Gasteiger partial charge is 0.309 e. The molecule has 0 bridgehead atoms. The van der Waals surface area contributed by atoms with Crippen LogP contribution in [0, 0.1) is 5.92 Å². The van der Waals surface area contributed by atoms with Crippen LogP contribution in [0.5, 0.6) is 0 Å². The molecular formula is C12H13BrO2. The molecule has 15 heavy (non-hydrogen) atoms. The molecule has 1 aromatic carbocycles. The molecule has 0 unspecified atom stereocenters. The molecule has 1 aromatic rings. The average molecular weight is 269 g/mol. The van der Waals surface area contributed by atoms with Crippen LogP contribution in [0.25, 0.3) is 0 Å².